The van der Waals surface area contributed by atoms with Crippen molar-refractivity contribution in [1.29, 1.82) is 0 Å². The lowest BCUT2D eigenvalue weighted by Gasteiger charge is -2.14. The van der Waals surface area contributed by atoms with E-state index in [9.17, 15) is 4.39 Å². The number of halogens is 2. The zero-order valence-corrected chi connectivity index (χ0v) is 11.0. The molecule has 0 aromatic heterocycles. The lowest BCUT2D eigenvalue weighted by molar-refractivity contribution is 0.500. The second-order valence-electron chi connectivity index (χ2n) is 3.96. The summed E-state index contributed by atoms with van der Waals surface area (Å²) in [5.41, 5.74) is 17.9. The number of rotatable bonds is 3. The summed E-state index contributed by atoms with van der Waals surface area (Å²) in [6.45, 7) is 0. The predicted molar refractivity (Wildman–Crippen MR) is 72.7 cm³/mol. The maximum absolute atomic E-state index is 13.6. The first-order chi connectivity index (χ1) is 8.32. The third kappa shape index (κ3) is 3.30. The monoisotopic (exact) mass is 270 g/mol. The van der Waals surface area contributed by atoms with Crippen molar-refractivity contribution in [3.8, 4) is 0 Å². The Morgan fingerprint density at radius 1 is 1.28 bits per heavy atom. The second-order valence-corrected chi connectivity index (χ2v) is 4.40. The molecule has 18 heavy (non-hydrogen) atoms. The highest BCUT2D eigenvalue weighted by atomic mass is 35.5. The molecule has 6 heteroatoms. The molecule has 0 aliphatic rings. The van der Waals surface area contributed by atoms with Crippen LogP contribution in [0.25, 0.3) is 5.70 Å². The number of benzene rings is 1. The van der Waals surface area contributed by atoms with Gasteiger partial charge < -0.3 is 22.1 Å². The van der Waals surface area contributed by atoms with Crippen molar-refractivity contribution in [2.75, 3.05) is 14.1 Å². The van der Waals surface area contributed by atoms with Crippen LogP contribution < -0.4 is 17.2 Å². The molecule has 0 spiro atoms. The average molecular weight is 271 g/mol. The second kappa shape index (κ2) is 5.64. The van der Waals surface area contributed by atoms with Gasteiger partial charge in [-0.05, 0) is 24.3 Å². The average Bonchev–Trinajstić information content (AvgIpc) is 2.30. The first-order valence-electron chi connectivity index (χ1n) is 5.18. The molecule has 0 heterocycles. The highest BCUT2D eigenvalue weighted by Gasteiger charge is 2.07. The molecule has 0 amide bonds. The molecule has 6 N–H and O–H groups in total. The lowest BCUT2D eigenvalue weighted by atomic mass is 10.1. The SMILES string of the molecule is CN(C)/C(N)=C(N)/C=C(\N)c1cc(Cl)ccc1F. The smallest absolute Gasteiger partial charge is 0.132 e. The summed E-state index contributed by atoms with van der Waals surface area (Å²) in [6, 6.07) is 4.12. The highest BCUT2D eigenvalue weighted by Crippen LogP contribution is 2.20. The summed E-state index contributed by atoms with van der Waals surface area (Å²) in [5.74, 6) is -0.121. The van der Waals surface area contributed by atoms with Crippen LogP contribution in [0.5, 0.6) is 0 Å². The Labute approximate surface area is 110 Å². The number of allylic oxidation sites excluding steroid dienone is 1. The van der Waals surface area contributed by atoms with E-state index in [0.29, 0.717) is 10.8 Å². The summed E-state index contributed by atoms with van der Waals surface area (Å²) in [7, 11) is 3.48. The minimum Gasteiger partial charge on any atom is -0.398 e. The number of hydrogen-bond acceptors (Lipinski definition) is 4. The topological polar surface area (TPSA) is 81.3 Å². The van der Waals surface area contributed by atoms with Gasteiger partial charge in [-0.3, -0.25) is 0 Å². The highest BCUT2D eigenvalue weighted by molar-refractivity contribution is 6.30. The van der Waals surface area contributed by atoms with Gasteiger partial charge in [0.2, 0.25) is 0 Å². The quantitative estimate of drug-likeness (QED) is 0.726. The molecule has 0 bridgehead atoms. The molecule has 0 fully saturated rings. The third-order valence-corrected chi connectivity index (χ3v) is 2.56. The van der Waals surface area contributed by atoms with E-state index >= 15 is 0 Å². The fourth-order valence-electron chi connectivity index (χ4n) is 1.30. The summed E-state index contributed by atoms with van der Waals surface area (Å²) < 4.78 is 13.6. The van der Waals surface area contributed by atoms with Crippen LogP contribution in [0.1, 0.15) is 5.56 Å². The van der Waals surface area contributed by atoms with E-state index in [1.54, 1.807) is 19.0 Å². The van der Waals surface area contributed by atoms with Crippen LogP contribution in [0.2, 0.25) is 5.02 Å². The fourth-order valence-corrected chi connectivity index (χ4v) is 1.47. The van der Waals surface area contributed by atoms with Crippen LogP contribution in [0, 0.1) is 5.82 Å². The van der Waals surface area contributed by atoms with Gasteiger partial charge >= 0.3 is 0 Å². The number of nitrogens with two attached hydrogens (primary N) is 3. The van der Waals surface area contributed by atoms with Crippen LogP contribution in [0.3, 0.4) is 0 Å². The fraction of sp³-hybridized carbons (Fsp3) is 0.167. The van der Waals surface area contributed by atoms with Gasteiger partial charge in [-0.2, -0.15) is 0 Å². The van der Waals surface area contributed by atoms with Gasteiger partial charge in [0, 0.05) is 30.4 Å². The van der Waals surface area contributed by atoms with Gasteiger partial charge in [0.25, 0.3) is 0 Å². The van der Waals surface area contributed by atoms with Gasteiger partial charge in [0.05, 0.1) is 5.70 Å². The molecule has 1 rings (SSSR count). The van der Waals surface area contributed by atoms with Gasteiger partial charge in [0.15, 0.2) is 0 Å². The molecule has 0 radical (unpaired) electrons. The Hall–Kier alpha value is -1.88. The lowest BCUT2D eigenvalue weighted by Crippen LogP contribution is -2.23. The largest absolute Gasteiger partial charge is 0.398 e. The third-order valence-electron chi connectivity index (χ3n) is 2.33. The minimum absolute atomic E-state index is 0.164. The molecule has 1 aromatic carbocycles. The summed E-state index contributed by atoms with van der Waals surface area (Å²) >= 11 is 5.78. The standard InChI is InChI=1S/C12H16ClFN4/c1-18(2)12(17)11(16)6-10(15)8-5-7(13)3-4-9(8)14/h3-6H,15-17H2,1-2H3/b10-6-,12-11-. The molecule has 0 aliphatic heterocycles. The molecule has 1 aromatic rings. The Balaban J connectivity index is 3.18. The van der Waals surface area contributed by atoms with Gasteiger partial charge in [0.1, 0.15) is 11.6 Å². The van der Waals surface area contributed by atoms with Crippen LogP contribution in [0.15, 0.2) is 35.8 Å². The minimum atomic E-state index is -0.468. The molecular formula is C12H16ClFN4. The maximum Gasteiger partial charge on any atom is 0.132 e. The zero-order valence-electron chi connectivity index (χ0n) is 10.2. The molecule has 0 saturated carbocycles. The van der Waals surface area contributed by atoms with E-state index in [1.165, 1.54) is 24.3 Å². The van der Waals surface area contributed by atoms with Crippen LogP contribution in [-0.4, -0.2) is 19.0 Å². The van der Waals surface area contributed by atoms with Crippen LogP contribution in [0.4, 0.5) is 4.39 Å². The van der Waals surface area contributed by atoms with E-state index < -0.39 is 5.82 Å². The Kier molecular flexibility index (Phi) is 4.44. The van der Waals surface area contributed by atoms with Gasteiger partial charge in [-0.1, -0.05) is 11.6 Å². The summed E-state index contributed by atoms with van der Waals surface area (Å²) in [5, 5.41) is 0.394. The molecule has 0 atom stereocenters. The first-order valence-corrected chi connectivity index (χ1v) is 5.56. The summed E-state index contributed by atoms with van der Waals surface area (Å²) in [6.07, 6.45) is 1.41. The van der Waals surface area contributed by atoms with Crippen molar-refractivity contribution < 1.29 is 4.39 Å². The molecular weight excluding hydrogens is 255 g/mol. The van der Waals surface area contributed by atoms with Gasteiger partial charge in [-0.25, -0.2) is 4.39 Å². The van der Waals surface area contributed by atoms with Crippen LogP contribution in [-0.2, 0) is 0 Å². The van der Waals surface area contributed by atoms with Crippen molar-refractivity contribution in [2.24, 2.45) is 17.2 Å². The zero-order chi connectivity index (χ0) is 13.9. The van der Waals surface area contributed by atoms with E-state index in [2.05, 4.69) is 0 Å². The van der Waals surface area contributed by atoms with Crippen molar-refractivity contribution in [1.82, 2.24) is 4.90 Å². The maximum atomic E-state index is 13.6. The van der Waals surface area contributed by atoms with Crippen LogP contribution >= 0.6 is 11.6 Å². The van der Waals surface area contributed by atoms with E-state index in [4.69, 9.17) is 28.8 Å². The number of hydrogen-bond donors (Lipinski definition) is 3. The molecule has 98 valence electrons. The van der Waals surface area contributed by atoms with Crippen molar-refractivity contribution in [3.05, 3.63) is 52.2 Å². The van der Waals surface area contributed by atoms with E-state index in [-0.39, 0.29) is 17.0 Å². The normalized spacial score (nSPS) is 13.2. The van der Waals surface area contributed by atoms with Crippen molar-refractivity contribution in [2.45, 2.75) is 0 Å². The van der Waals surface area contributed by atoms with E-state index in [1.807, 2.05) is 0 Å². The molecule has 4 nitrogen and oxygen atoms in total. The number of nitrogens with zero attached hydrogens (tertiary/aromatic N) is 1. The van der Waals surface area contributed by atoms with E-state index in [0.717, 1.165) is 0 Å². The Bertz CT molecular complexity index is 509. The van der Waals surface area contributed by atoms with Crippen molar-refractivity contribution in [3.63, 3.8) is 0 Å². The molecule has 0 aliphatic carbocycles. The molecule has 0 unspecified atom stereocenters. The first kappa shape index (κ1) is 14.2. The van der Waals surface area contributed by atoms with Gasteiger partial charge in [-0.15, -0.1) is 0 Å². The summed E-state index contributed by atoms with van der Waals surface area (Å²) in [4.78, 5) is 1.63. The Morgan fingerprint density at radius 3 is 2.44 bits per heavy atom. The van der Waals surface area contributed by atoms with Crippen molar-refractivity contribution >= 4 is 17.3 Å². The Morgan fingerprint density at radius 2 is 1.89 bits per heavy atom. The predicted octanol–water partition coefficient (Wildman–Crippen LogP) is 1.43. The molecule has 0 saturated heterocycles.